The summed E-state index contributed by atoms with van der Waals surface area (Å²) in [5, 5.41) is 2.45. The first-order valence-corrected chi connectivity index (χ1v) is 25.7. The summed E-state index contributed by atoms with van der Waals surface area (Å²) in [5.41, 5.74) is -2.12. The Labute approximate surface area is 282 Å². The SMILES string of the molecule is CCC[CH2][Sn]([CH2]CCC)([CH2]CCC)[c]1ccc(Oc2ccc(S(=O)(=O)C(NC)(C(=O)OC(C)(C)C)C(=O)OC(C)(C)C)cc2)cc1. The van der Waals surface area contributed by atoms with Gasteiger partial charge in [0.15, 0.2) is 0 Å². The van der Waals surface area contributed by atoms with Crippen molar-refractivity contribution in [3.05, 3.63) is 48.5 Å². The third-order valence-corrected chi connectivity index (χ3v) is 25.9. The minimum absolute atomic E-state index is 0.261. The molecule has 10 heteroatoms. The molecule has 0 spiro atoms. The van der Waals surface area contributed by atoms with E-state index in [0.29, 0.717) is 11.5 Å². The Balaban J connectivity index is 2.43. The van der Waals surface area contributed by atoms with Crippen LogP contribution < -0.4 is 13.6 Å². The molecular weight excluding hydrogens is 709 g/mol. The molecule has 0 fully saturated rings. The molecule has 1 N–H and O–H groups in total. The zero-order valence-corrected chi connectivity index (χ0v) is 33.4. The number of hydrogen-bond acceptors (Lipinski definition) is 8. The predicted octanol–water partition coefficient (Wildman–Crippen LogP) is 7.91. The van der Waals surface area contributed by atoms with Gasteiger partial charge >= 0.3 is 205 Å². The molecule has 0 heterocycles. The van der Waals surface area contributed by atoms with E-state index in [4.69, 9.17) is 14.2 Å². The number of nitrogens with one attached hydrogen (secondary N) is 1. The molecule has 0 amide bonds. The summed E-state index contributed by atoms with van der Waals surface area (Å²) >= 11 is -2.58. The van der Waals surface area contributed by atoms with Crippen molar-refractivity contribution in [2.75, 3.05) is 7.05 Å². The molecule has 0 aliphatic heterocycles. The van der Waals surface area contributed by atoms with Gasteiger partial charge in [0, 0.05) is 0 Å². The van der Waals surface area contributed by atoms with Crippen molar-refractivity contribution in [2.24, 2.45) is 0 Å². The third kappa shape index (κ3) is 10.2. The van der Waals surface area contributed by atoms with Gasteiger partial charge in [0.05, 0.1) is 0 Å². The van der Waals surface area contributed by atoms with E-state index in [1.165, 1.54) is 83.1 Å². The standard InChI is InChI=1S/C24H30NO7S.3C4H9.Sn/c1-22(2,3)31-20(26)24(25-7,21(27)32-23(4,5)6)33(28,29)19-15-13-18(14-16-19)30-17-11-9-8-10-12-17;3*1-3-4-2;/h9-16,25H,1-7H3;3*1,3-4H2,2H3;. The van der Waals surface area contributed by atoms with Crippen LogP contribution in [0, 0.1) is 0 Å². The van der Waals surface area contributed by atoms with Gasteiger partial charge in [-0.05, 0) is 48.6 Å². The van der Waals surface area contributed by atoms with Crippen LogP contribution in [0.1, 0.15) is 101 Å². The van der Waals surface area contributed by atoms with Gasteiger partial charge < -0.3 is 9.47 Å². The third-order valence-electron chi connectivity index (χ3n) is 7.99. The van der Waals surface area contributed by atoms with Crippen LogP contribution in [0.2, 0.25) is 13.3 Å². The van der Waals surface area contributed by atoms with Crippen molar-refractivity contribution >= 4 is 43.7 Å². The van der Waals surface area contributed by atoms with Crippen molar-refractivity contribution in [3.63, 3.8) is 0 Å². The van der Waals surface area contributed by atoms with E-state index >= 15 is 0 Å². The summed E-state index contributed by atoms with van der Waals surface area (Å²) < 4.78 is 50.8. The second kappa shape index (κ2) is 16.8. The zero-order chi connectivity index (χ0) is 34.8. The average Bonchev–Trinajstić information content (AvgIpc) is 2.96. The summed E-state index contributed by atoms with van der Waals surface area (Å²) in [6.07, 6.45) is 7.51. The molecule has 0 aliphatic rings. The van der Waals surface area contributed by atoms with Gasteiger partial charge in [-0.3, -0.25) is 0 Å². The second-order valence-corrected chi connectivity index (χ2v) is 29.5. The number of benzene rings is 2. The van der Waals surface area contributed by atoms with Crippen LogP contribution in [0.3, 0.4) is 0 Å². The van der Waals surface area contributed by atoms with Gasteiger partial charge in [-0.25, -0.2) is 9.59 Å². The first-order chi connectivity index (χ1) is 21.4. The maximum absolute atomic E-state index is 14.1. The number of sulfone groups is 1. The van der Waals surface area contributed by atoms with E-state index in [2.05, 4.69) is 38.2 Å². The molecule has 46 heavy (non-hydrogen) atoms. The van der Waals surface area contributed by atoms with Crippen molar-refractivity contribution in [1.29, 1.82) is 0 Å². The van der Waals surface area contributed by atoms with Crippen molar-refractivity contribution < 1.29 is 32.2 Å². The Morgan fingerprint density at radius 2 is 1.04 bits per heavy atom. The number of carbonyl (C=O) groups excluding carboxylic acids is 2. The summed E-state index contributed by atoms with van der Waals surface area (Å²) in [7, 11) is -3.48. The molecule has 0 unspecified atom stereocenters. The monoisotopic (exact) mass is 767 g/mol. The number of carbonyl (C=O) groups is 2. The Kier molecular flexibility index (Phi) is 14.7. The first kappa shape index (κ1) is 40.1. The molecule has 0 atom stereocenters. The molecule has 0 aliphatic carbocycles. The number of rotatable bonds is 17. The van der Waals surface area contributed by atoms with Crippen LogP contribution in [-0.2, 0) is 28.9 Å². The summed E-state index contributed by atoms with van der Waals surface area (Å²) in [4.78, 5) is 23.8. The molecule has 258 valence electrons. The Hall–Kier alpha value is -2.11. The molecule has 0 saturated heterocycles. The second-order valence-electron chi connectivity index (χ2n) is 14.1. The molecule has 2 aromatic carbocycles. The molecule has 8 nitrogen and oxygen atoms in total. The fourth-order valence-corrected chi connectivity index (χ4v) is 23.1. The number of hydrogen-bond donors (Lipinski definition) is 1. The van der Waals surface area contributed by atoms with Crippen LogP contribution in [-0.4, -0.2) is 61.9 Å². The Morgan fingerprint density at radius 1 is 0.674 bits per heavy atom. The first-order valence-electron chi connectivity index (χ1n) is 16.7. The number of ether oxygens (including phenoxy) is 3. The zero-order valence-electron chi connectivity index (χ0n) is 29.7. The number of unbranched alkanes of at least 4 members (excludes halogenated alkanes) is 3. The quantitative estimate of drug-likeness (QED) is 0.0984. The maximum atomic E-state index is 14.1. The predicted molar refractivity (Wildman–Crippen MR) is 188 cm³/mol. The molecule has 0 bridgehead atoms. The molecule has 2 aromatic rings. The van der Waals surface area contributed by atoms with E-state index < -0.39 is 56.2 Å². The minimum atomic E-state index is -4.70. The van der Waals surface area contributed by atoms with E-state index in [1.54, 1.807) is 45.1 Å². The van der Waals surface area contributed by atoms with Gasteiger partial charge in [0.25, 0.3) is 0 Å². The van der Waals surface area contributed by atoms with Crippen LogP contribution in [0.5, 0.6) is 11.5 Å². The molecule has 0 saturated carbocycles. The van der Waals surface area contributed by atoms with Crippen LogP contribution >= 0.6 is 0 Å². The van der Waals surface area contributed by atoms with Gasteiger partial charge in [-0.15, -0.1) is 0 Å². The van der Waals surface area contributed by atoms with E-state index in [-0.39, 0.29) is 4.90 Å². The van der Waals surface area contributed by atoms with Gasteiger partial charge in [-0.1, -0.05) is 0 Å². The van der Waals surface area contributed by atoms with E-state index in [9.17, 15) is 18.0 Å². The van der Waals surface area contributed by atoms with Gasteiger partial charge in [0.2, 0.25) is 0 Å². The topological polar surface area (TPSA) is 108 Å². The molecular formula is C36H57NO7SSn. The molecule has 0 radical (unpaired) electrons. The van der Waals surface area contributed by atoms with Crippen LogP contribution in [0.4, 0.5) is 0 Å². The summed E-state index contributed by atoms with van der Waals surface area (Å²) in [6.45, 7) is 16.4. The normalized spacial score (nSPS) is 12.9. The van der Waals surface area contributed by atoms with Crippen molar-refractivity contribution in [1.82, 2.24) is 5.32 Å². The average molecular weight is 767 g/mol. The van der Waals surface area contributed by atoms with Crippen molar-refractivity contribution in [2.45, 2.75) is 135 Å². The van der Waals surface area contributed by atoms with E-state index in [1.807, 2.05) is 12.1 Å². The van der Waals surface area contributed by atoms with Crippen LogP contribution in [0.25, 0.3) is 0 Å². The summed E-state index contributed by atoms with van der Waals surface area (Å²) in [6, 6.07) is 14.2. The Morgan fingerprint density at radius 3 is 1.37 bits per heavy atom. The Bertz CT molecular complexity index is 1330. The van der Waals surface area contributed by atoms with Crippen molar-refractivity contribution in [3.8, 4) is 11.5 Å². The fraction of sp³-hybridized carbons (Fsp3) is 0.611. The van der Waals surface area contributed by atoms with Gasteiger partial charge in [-0.2, -0.15) is 0 Å². The number of likely N-dealkylation sites (N-methyl/N-ethyl adjacent to an activating group) is 1. The van der Waals surface area contributed by atoms with E-state index in [0.717, 1.165) is 0 Å². The fourth-order valence-electron chi connectivity index (χ4n) is 5.57. The number of esters is 2. The molecule has 2 rings (SSSR count). The van der Waals surface area contributed by atoms with Crippen LogP contribution in [0.15, 0.2) is 53.4 Å². The van der Waals surface area contributed by atoms with Gasteiger partial charge in [0.1, 0.15) is 11.2 Å². The summed E-state index contributed by atoms with van der Waals surface area (Å²) in [5.74, 6) is -1.45. The molecule has 0 aromatic heterocycles.